The van der Waals surface area contributed by atoms with Crippen LogP contribution < -0.4 is 5.32 Å². The van der Waals surface area contributed by atoms with Crippen LogP contribution in [0.5, 0.6) is 0 Å². The summed E-state index contributed by atoms with van der Waals surface area (Å²) in [5.74, 6) is -0.308. The van der Waals surface area contributed by atoms with Gasteiger partial charge in [0.15, 0.2) is 5.54 Å². The minimum absolute atomic E-state index is 0.178. The lowest BCUT2D eigenvalue weighted by atomic mass is 9.97. The molecule has 0 radical (unpaired) electrons. The second kappa shape index (κ2) is 4.92. The third-order valence-corrected chi connectivity index (χ3v) is 4.26. The van der Waals surface area contributed by atoms with Gasteiger partial charge in [-0.2, -0.15) is 0 Å². The molecule has 0 aromatic carbocycles. The van der Waals surface area contributed by atoms with Crippen LogP contribution in [0, 0.1) is 6.92 Å². The third kappa shape index (κ3) is 2.29. The van der Waals surface area contributed by atoms with Crippen LogP contribution in [-0.4, -0.2) is 26.8 Å². The monoisotopic (exact) mass is 302 g/mol. The molecule has 7 heteroatoms. The van der Waals surface area contributed by atoms with Crippen LogP contribution in [0.1, 0.15) is 23.3 Å². The highest BCUT2D eigenvalue weighted by molar-refractivity contribution is 7.09. The van der Waals surface area contributed by atoms with Crippen LogP contribution >= 0.6 is 11.3 Å². The highest BCUT2D eigenvalue weighted by Crippen LogP contribution is 2.28. The van der Waals surface area contributed by atoms with Crippen molar-refractivity contribution in [2.45, 2.75) is 25.9 Å². The van der Waals surface area contributed by atoms with Crippen molar-refractivity contribution in [2.24, 2.45) is 0 Å². The maximum atomic E-state index is 12.6. The summed E-state index contributed by atoms with van der Waals surface area (Å²) in [6.45, 7) is 3.73. The van der Waals surface area contributed by atoms with E-state index in [2.05, 4.69) is 15.3 Å². The lowest BCUT2D eigenvalue weighted by Gasteiger charge is -2.20. The van der Waals surface area contributed by atoms with Crippen LogP contribution in [0.25, 0.3) is 0 Å². The second-order valence-corrected chi connectivity index (χ2v) is 6.08. The molecule has 0 saturated carbocycles. The van der Waals surface area contributed by atoms with Crippen molar-refractivity contribution in [1.29, 1.82) is 0 Å². The summed E-state index contributed by atoms with van der Waals surface area (Å²) in [5.41, 5.74) is 0.121. The van der Waals surface area contributed by atoms with Gasteiger partial charge in [0.05, 0.1) is 22.9 Å². The Hall–Kier alpha value is -2.28. The quantitative estimate of drug-likeness (QED) is 0.877. The zero-order valence-corrected chi connectivity index (χ0v) is 12.5. The van der Waals surface area contributed by atoms with Crippen molar-refractivity contribution in [3.8, 4) is 0 Å². The molecule has 0 spiro atoms. The molecule has 1 aliphatic rings. The maximum absolute atomic E-state index is 12.6. The summed E-state index contributed by atoms with van der Waals surface area (Å²) in [7, 11) is 0. The van der Waals surface area contributed by atoms with Crippen molar-refractivity contribution in [2.75, 3.05) is 0 Å². The lowest BCUT2D eigenvalue weighted by molar-refractivity contribution is -0.131. The van der Waals surface area contributed by atoms with E-state index in [9.17, 15) is 9.59 Å². The SMILES string of the molecule is Cc1nc(CN2C(=O)NC(C)(c3ccccn3)C2=O)cs1. The van der Waals surface area contributed by atoms with Gasteiger partial charge < -0.3 is 5.32 Å². The standard InChI is InChI=1S/C14H14N4O2S/c1-9-16-10(8-21-9)7-18-12(19)14(2,17-13(18)20)11-5-3-4-6-15-11/h3-6,8H,7H2,1-2H3,(H,17,20). The number of hydrogen-bond acceptors (Lipinski definition) is 5. The molecule has 21 heavy (non-hydrogen) atoms. The predicted molar refractivity (Wildman–Crippen MR) is 77.5 cm³/mol. The van der Waals surface area contributed by atoms with Crippen LogP contribution in [0.4, 0.5) is 4.79 Å². The first-order chi connectivity index (χ1) is 10.0. The molecular weight excluding hydrogens is 288 g/mol. The van der Waals surface area contributed by atoms with Crippen LogP contribution in [0.2, 0.25) is 0 Å². The molecule has 6 nitrogen and oxygen atoms in total. The zero-order valence-electron chi connectivity index (χ0n) is 11.7. The van der Waals surface area contributed by atoms with Gasteiger partial charge in [-0.1, -0.05) is 6.07 Å². The molecule has 2 aromatic heterocycles. The number of thiazole rings is 1. The first kappa shape index (κ1) is 13.7. The summed E-state index contributed by atoms with van der Waals surface area (Å²) < 4.78 is 0. The van der Waals surface area contributed by atoms with Gasteiger partial charge in [-0.3, -0.25) is 14.7 Å². The zero-order chi connectivity index (χ0) is 15.0. The number of imide groups is 1. The summed E-state index contributed by atoms with van der Waals surface area (Å²) in [5, 5.41) is 5.48. The molecule has 1 aliphatic heterocycles. The van der Waals surface area contributed by atoms with Gasteiger partial charge >= 0.3 is 6.03 Å². The molecule has 108 valence electrons. The first-order valence-corrected chi connectivity index (χ1v) is 7.35. The molecule has 3 amide bonds. The van der Waals surface area contributed by atoms with E-state index in [1.165, 1.54) is 16.2 Å². The van der Waals surface area contributed by atoms with Crippen molar-refractivity contribution in [3.05, 3.63) is 46.2 Å². The number of aryl methyl sites for hydroxylation is 1. The Kier molecular flexibility index (Phi) is 3.21. The van der Waals surface area contributed by atoms with Gasteiger partial charge in [0.25, 0.3) is 5.91 Å². The van der Waals surface area contributed by atoms with E-state index >= 15 is 0 Å². The number of rotatable bonds is 3. The number of nitrogens with zero attached hydrogens (tertiary/aromatic N) is 3. The van der Waals surface area contributed by atoms with Crippen LogP contribution in [0.3, 0.4) is 0 Å². The number of carbonyl (C=O) groups excluding carboxylic acids is 2. The molecule has 0 bridgehead atoms. The Morgan fingerprint density at radius 2 is 2.19 bits per heavy atom. The normalized spacial score (nSPS) is 21.7. The van der Waals surface area contributed by atoms with E-state index in [4.69, 9.17) is 0 Å². The topological polar surface area (TPSA) is 75.2 Å². The van der Waals surface area contributed by atoms with Gasteiger partial charge in [0, 0.05) is 11.6 Å². The molecule has 1 N–H and O–H groups in total. The number of pyridine rings is 1. The number of nitrogens with one attached hydrogen (secondary N) is 1. The van der Waals surface area contributed by atoms with Gasteiger partial charge in [-0.15, -0.1) is 11.3 Å². The Morgan fingerprint density at radius 3 is 2.81 bits per heavy atom. The van der Waals surface area contributed by atoms with Crippen molar-refractivity contribution in [3.63, 3.8) is 0 Å². The van der Waals surface area contributed by atoms with Crippen molar-refractivity contribution < 1.29 is 9.59 Å². The van der Waals surface area contributed by atoms with Gasteiger partial charge in [0.2, 0.25) is 0 Å². The fourth-order valence-corrected chi connectivity index (χ4v) is 2.92. The Balaban J connectivity index is 1.88. The van der Waals surface area contributed by atoms with Crippen molar-refractivity contribution in [1.82, 2.24) is 20.2 Å². The van der Waals surface area contributed by atoms with Crippen molar-refractivity contribution >= 4 is 23.3 Å². The molecule has 1 fully saturated rings. The minimum Gasteiger partial charge on any atom is -0.318 e. The highest BCUT2D eigenvalue weighted by atomic mass is 32.1. The Morgan fingerprint density at radius 1 is 1.38 bits per heavy atom. The van der Waals surface area contributed by atoms with Gasteiger partial charge in [0.1, 0.15) is 0 Å². The van der Waals surface area contributed by atoms with Gasteiger partial charge in [-0.25, -0.2) is 9.78 Å². The summed E-state index contributed by atoms with van der Waals surface area (Å²) >= 11 is 1.49. The van der Waals surface area contributed by atoms with Gasteiger partial charge in [-0.05, 0) is 26.0 Å². The third-order valence-electron chi connectivity index (χ3n) is 3.44. The number of amides is 3. The molecular formula is C14H14N4O2S. The number of hydrogen-bond donors (Lipinski definition) is 1. The van der Waals surface area contributed by atoms with E-state index in [1.54, 1.807) is 31.3 Å². The Bertz CT molecular complexity index is 700. The highest BCUT2D eigenvalue weighted by Gasteiger charge is 2.49. The fourth-order valence-electron chi connectivity index (χ4n) is 2.32. The fraction of sp³-hybridized carbons (Fsp3) is 0.286. The van der Waals surface area contributed by atoms with Crippen LogP contribution in [-0.2, 0) is 16.9 Å². The Labute approximate surface area is 125 Å². The number of urea groups is 1. The maximum Gasteiger partial charge on any atom is 0.325 e. The summed E-state index contributed by atoms with van der Waals surface area (Å²) in [6.07, 6.45) is 1.60. The smallest absolute Gasteiger partial charge is 0.318 e. The first-order valence-electron chi connectivity index (χ1n) is 6.47. The van der Waals surface area contributed by atoms with Crippen LogP contribution in [0.15, 0.2) is 29.8 Å². The molecule has 2 aromatic rings. The predicted octanol–water partition coefficient (Wildman–Crippen LogP) is 1.81. The largest absolute Gasteiger partial charge is 0.325 e. The number of carbonyl (C=O) groups is 2. The molecule has 1 unspecified atom stereocenters. The summed E-state index contributed by atoms with van der Waals surface area (Å²) in [6, 6.07) is 4.87. The summed E-state index contributed by atoms with van der Waals surface area (Å²) in [4.78, 5) is 34.4. The van der Waals surface area contributed by atoms with E-state index < -0.39 is 11.6 Å². The molecule has 0 aliphatic carbocycles. The van der Waals surface area contributed by atoms with E-state index in [-0.39, 0.29) is 12.5 Å². The van der Waals surface area contributed by atoms with E-state index in [1.807, 2.05) is 12.3 Å². The number of aromatic nitrogens is 2. The van der Waals surface area contributed by atoms with E-state index in [0.717, 1.165) is 5.01 Å². The molecule has 1 saturated heterocycles. The lowest BCUT2D eigenvalue weighted by Crippen LogP contribution is -2.41. The minimum atomic E-state index is -1.12. The average Bonchev–Trinajstić information content (AvgIpc) is 2.98. The van der Waals surface area contributed by atoms with E-state index in [0.29, 0.717) is 11.4 Å². The second-order valence-electron chi connectivity index (χ2n) is 5.02. The molecule has 3 heterocycles. The average molecular weight is 302 g/mol. The molecule has 3 rings (SSSR count). The molecule has 1 atom stereocenters.